The Balaban J connectivity index is 0.933. The van der Waals surface area contributed by atoms with Crippen LogP contribution in [0.2, 0.25) is 0 Å². The summed E-state index contributed by atoms with van der Waals surface area (Å²) in [6, 6.07) is 86.0. The maximum Gasteiger partial charge on any atom is 0.143 e. The van der Waals surface area contributed by atoms with Crippen molar-refractivity contribution in [1.82, 2.24) is 0 Å². The van der Waals surface area contributed by atoms with Crippen molar-refractivity contribution in [1.29, 1.82) is 0 Å². The molecule has 2 aliphatic carbocycles. The van der Waals surface area contributed by atoms with Crippen LogP contribution < -0.4 is 4.90 Å². The van der Waals surface area contributed by atoms with E-state index in [9.17, 15) is 0 Å². The first-order chi connectivity index (χ1) is 31.3. The zero-order chi connectivity index (χ0) is 41.5. The molecular formula is C61H39NO. The highest BCUT2D eigenvalue weighted by molar-refractivity contribution is 6.15. The van der Waals surface area contributed by atoms with Crippen LogP contribution >= 0.6 is 0 Å². The van der Waals surface area contributed by atoms with Crippen LogP contribution in [0.4, 0.5) is 17.1 Å². The van der Waals surface area contributed by atoms with Gasteiger partial charge in [-0.1, -0.05) is 200 Å². The standard InChI is InChI=1S/C61H39NO/c1-3-14-40(15-4-1)42-26-32-45(33-27-42)62(46-34-28-43(29-35-46)41-16-5-2-6-17-41)47-36-30-44(31-37-47)48-21-13-22-51-52-38-39-57-58(60(52)63-59(48)51)53-20-9-12-25-56(53)61(57)54-23-10-7-18-49(54)50-19-8-11-24-55(50)61/h1-39H. The smallest absolute Gasteiger partial charge is 0.143 e. The number of rotatable bonds is 6. The lowest BCUT2D eigenvalue weighted by molar-refractivity contribution is 0.670. The average molecular weight is 802 g/mol. The summed E-state index contributed by atoms with van der Waals surface area (Å²) in [7, 11) is 0. The van der Waals surface area contributed by atoms with Crippen LogP contribution in [0.3, 0.4) is 0 Å². The van der Waals surface area contributed by atoms with Crippen LogP contribution in [0.5, 0.6) is 0 Å². The lowest BCUT2D eigenvalue weighted by Gasteiger charge is -2.30. The third-order valence-electron chi connectivity index (χ3n) is 13.5. The van der Waals surface area contributed by atoms with Gasteiger partial charge in [0, 0.05) is 39.0 Å². The molecule has 0 fully saturated rings. The molecule has 0 unspecified atom stereocenters. The topological polar surface area (TPSA) is 16.4 Å². The van der Waals surface area contributed by atoms with E-state index in [0.29, 0.717) is 0 Å². The third kappa shape index (κ3) is 5.25. The van der Waals surface area contributed by atoms with Crippen molar-refractivity contribution in [2.75, 3.05) is 4.90 Å². The predicted molar refractivity (Wildman–Crippen MR) is 261 cm³/mol. The van der Waals surface area contributed by atoms with Crippen LogP contribution in [0.25, 0.3) is 77.6 Å². The quantitative estimate of drug-likeness (QED) is 0.167. The fraction of sp³-hybridized carbons (Fsp3) is 0.0164. The summed E-state index contributed by atoms with van der Waals surface area (Å²) in [5.74, 6) is 0. The van der Waals surface area contributed by atoms with Gasteiger partial charge in [0.15, 0.2) is 0 Å². The van der Waals surface area contributed by atoms with Crippen molar-refractivity contribution < 1.29 is 4.42 Å². The van der Waals surface area contributed by atoms with Crippen molar-refractivity contribution in [3.63, 3.8) is 0 Å². The SMILES string of the molecule is c1ccc(-c2ccc(N(c3ccc(-c4ccccc4)cc3)c3ccc(-c4cccc5c4oc4c6c(ccc45)C4(c5ccccc5-c5ccccc54)c4ccccc4-6)cc3)cc2)cc1. The summed E-state index contributed by atoms with van der Waals surface area (Å²) in [6.07, 6.45) is 0. The molecule has 2 nitrogen and oxygen atoms in total. The highest BCUT2D eigenvalue weighted by Crippen LogP contribution is 2.64. The Kier molecular flexibility index (Phi) is 7.85. The van der Waals surface area contributed by atoms with E-state index in [1.165, 1.54) is 66.8 Å². The minimum atomic E-state index is -0.416. The number of anilines is 3. The van der Waals surface area contributed by atoms with E-state index in [1.54, 1.807) is 0 Å². The fourth-order valence-electron chi connectivity index (χ4n) is 10.8. The first-order valence-corrected chi connectivity index (χ1v) is 21.8. The predicted octanol–water partition coefficient (Wildman–Crippen LogP) is 16.4. The van der Waals surface area contributed by atoms with Gasteiger partial charge in [0.05, 0.1) is 5.41 Å². The summed E-state index contributed by atoms with van der Waals surface area (Å²) in [5, 5.41) is 2.26. The molecule has 0 radical (unpaired) electrons. The highest BCUT2D eigenvalue weighted by atomic mass is 16.3. The first-order valence-electron chi connectivity index (χ1n) is 21.8. The van der Waals surface area contributed by atoms with Crippen molar-refractivity contribution in [2.24, 2.45) is 0 Å². The van der Waals surface area contributed by atoms with Crippen LogP contribution in [0.15, 0.2) is 241 Å². The van der Waals surface area contributed by atoms with E-state index in [-0.39, 0.29) is 0 Å². The Bertz CT molecular complexity index is 3400. The summed E-state index contributed by atoms with van der Waals surface area (Å²) in [6.45, 7) is 0. The second-order valence-electron chi connectivity index (χ2n) is 16.7. The molecule has 11 aromatic rings. The summed E-state index contributed by atoms with van der Waals surface area (Å²) in [4.78, 5) is 2.34. The molecule has 0 aliphatic heterocycles. The van der Waals surface area contributed by atoms with Gasteiger partial charge in [-0.25, -0.2) is 0 Å². The number of fused-ring (bicyclic) bond motifs is 14. The molecule has 0 bridgehead atoms. The van der Waals surface area contributed by atoms with Gasteiger partial charge in [-0.05, 0) is 103 Å². The van der Waals surface area contributed by atoms with Gasteiger partial charge in [0.2, 0.25) is 0 Å². The number of para-hydroxylation sites is 1. The van der Waals surface area contributed by atoms with Gasteiger partial charge in [-0.15, -0.1) is 0 Å². The summed E-state index contributed by atoms with van der Waals surface area (Å²) in [5.41, 5.74) is 22.0. The lowest BCUT2D eigenvalue weighted by atomic mass is 9.70. The molecule has 0 saturated heterocycles. The molecule has 0 N–H and O–H groups in total. The van der Waals surface area contributed by atoms with Crippen molar-refractivity contribution in [2.45, 2.75) is 5.41 Å². The molecule has 0 atom stereocenters. The molecule has 1 aromatic heterocycles. The van der Waals surface area contributed by atoms with Crippen molar-refractivity contribution >= 4 is 39.0 Å². The van der Waals surface area contributed by atoms with Gasteiger partial charge >= 0.3 is 0 Å². The van der Waals surface area contributed by atoms with Gasteiger partial charge in [0.1, 0.15) is 11.2 Å². The molecule has 2 aliphatic rings. The van der Waals surface area contributed by atoms with E-state index in [1.807, 2.05) is 0 Å². The van der Waals surface area contributed by atoms with E-state index in [0.717, 1.165) is 50.1 Å². The maximum absolute atomic E-state index is 7.22. The number of benzene rings is 10. The van der Waals surface area contributed by atoms with Crippen LogP contribution in [-0.2, 0) is 5.41 Å². The Hall–Kier alpha value is -8.20. The van der Waals surface area contributed by atoms with Crippen molar-refractivity contribution in [3.05, 3.63) is 259 Å². The van der Waals surface area contributed by atoms with Gasteiger partial charge in [-0.3, -0.25) is 0 Å². The monoisotopic (exact) mass is 801 g/mol. The zero-order valence-electron chi connectivity index (χ0n) is 34.4. The number of furan rings is 1. The molecule has 13 rings (SSSR count). The Morgan fingerprint density at radius 3 is 1.22 bits per heavy atom. The minimum absolute atomic E-state index is 0.416. The Morgan fingerprint density at radius 1 is 0.270 bits per heavy atom. The van der Waals surface area contributed by atoms with E-state index in [2.05, 4.69) is 241 Å². The van der Waals surface area contributed by atoms with Gasteiger partial charge in [-0.2, -0.15) is 0 Å². The largest absolute Gasteiger partial charge is 0.455 e. The van der Waals surface area contributed by atoms with E-state index >= 15 is 0 Å². The third-order valence-corrected chi connectivity index (χ3v) is 13.5. The number of nitrogens with zero attached hydrogens (tertiary/aromatic N) is 1. The lowest BCUT2D eigenvalue weighted by Crippen LogP contribution is -2.25. The van der Waals surface area contributed by atoms with Crippen LogP contribution in [-0.4, -0.2) is 0 Å². The second-order valence-corrected chi connectivity index (χ2v) is 16.7. The molecule has 10 aromatic carbocycles. The minimum Gasteiger partial charge on any atom is -0.455 e. The normalized spacial score (nSPS) is 12.9. The molecule has 63 heavy (non-hydrogen) atoms. The zero-order valence-corrected chi connectivity index (χ0v) is 34.4. The molecule has 294 valence electrons. The first kappa shape index (κ1) is 35.5. The molecule has 1 spiro atoms. The summed E-state index contributed by atoms with van der Waals surface area (Å²) < 4.78 is 7.22. The van der Waals surface area contributed by atoms with E-state index < -0.39 is 5.41 Å². The average Bonchev–Trinajstić information content (AvgIpc) is 4.00. The number of hydrogen-bond donors (Lipinski definition) is 0. The number of hydrogen-bond acceptors (Lipinski definition) is 2. The Morgan fingerprint density at radius 2 is 0.683 bits per heavy atom. The Labute approximate surface area is 366 Å². The van der Waals surface area contributed by atoms with Gasteiger partial charge < -0.3 is 9.32 Å². The fourth-order valence-corrected chi connectivity index (χ4v) is 10.8. The second kappa shape index (κ2) is 13.9. The molecule has 2 heteroatoms. The van der Waals surface area contributed by atoms with E-state index in [4.69, 9.17) is 4.42 Å². The molecule has 1 heterocycles. The molecular weight excluding hydrogens is 763 g/mol. The summed E-state index contributed by atoms with van der Waals surface area (Å²) >= 11 is 0. The maximum atomic E-state index is 7.22. The highest BCUT2D eigenvalue weighted by Gasteiger charge is 2.52. The molecule has 0 amide bonds. The molecule has 0 saturated carbocycles. The van der Waals surface area contributed by atoms with Gasteiger partial charge in [0.25, 0.3) is 0 Å². The van der Waals surface area contributed by atoms with Crippen LogP contribution in [0.1, 0.15) is 22.3 Å². The van der Waals surface area contributed by atoms with Crippen molar-refractivity contribution in [3.8, 4) is 55.6 Å². The van der Waals surface area contributed by atoms with Crippen LogP contribution in [0, 0.1) is 0 Å².